The van der Waals surface area contributed by atoms with Crippen molar-refractivity contribution in [1.29, 1.82) is 0 Å². The summed E-state index contributed by atoms with van der Waals surface area (Å²) < 4.78 is 0. The Morgan fingerprint density at radius 3 is 1.95 bits per heavy atom. The van der Waals surface area contributed by atoms with E-state index in [2.05, 4.69) is 26.1 Å². The molecule has 4 heteroatoms. The molecule has 0 aromatic heterocycles. The van der Waals surface area contributed by atoms with E-state index >= 15 is 0 Å². The molecule has 2 amide bonds. The zero-order valence-corrected chi connectivity index (χ0v) is 13.1. The summed E-state index contributed by atoms with van der Waals surface area (Å²) in [6, 6.07) is 0. The van der Waals surface area contributed by atoms with Crippen LogP contribution in [0.4, 0.5) is 0 Å². The summed E-state index contributed by atoms with van der Waals surface area (Å²) in [7, 11) is 0. The lowest BCUT2D eigenvalue weighted by molar-refractivity contribution is -0.136. The summed E-state index contributed by atoms with van der Waals surface area (Å²) in [5, 5.41) is 3.48. The van der Waals surface area contributed by atoms with Crippen molar-refractivity contribution in [3.8, 4) is 0 Å². The van der Waals surface area contributed by atoms with E-state index in [-0.39, 0.29) is 17.4 Å². The van der Waals surface area contributed by atoms with Crippen LogP contribution in [-0.4, -0.2) is 35.3 Å². The normalized spacial score (nSPS) is 15.4. The minimum atomic E-state index is -0.164. The first-order chi connectivity index (χ1) is 9.40. The fourth-order valence-electron chi connectivity index (χ4n) is 2.22. The van der Waals surface area contributed by atoms with E-state index in [1.54, 1.807) is 0 Å². The van der Waals surface area contributed by atoms with Crippen molar-refractivity contribution in [2.24, 2.45) is 0 Å². The van der Waals surface area contributed by atoms with E-state index in [0.717, 1.165) is 19.4 Å². The van der Waals surface area contributed by atoms with Gasteiger partial charge in [0, 0.05) is 24.2 Å². The SMILES string of the molecule is CC(C)(C)NCCCCCCCCN1C(=O)C=CC1=O. The van der Waals surface area contributed by atoms with Gasteiger partial charge in [-0.15, -0.1) is 0 Å². The smallest absolute Gasteiger partial charge is 0.253 e. The lowest BCUT2D eigenvalue weighted by atomic mass is 10.1. The first kappa shape index (κ1) is 16.9. The van der Waals surface area contributed by atoms with Crippen LogP contribution in [0.15, 0.2) is 12.2 Å². The summed E-state index contributed by atoms with van der Waals surface area (Å²) in [6.45, 7) is 8.19. The van der Waals surface area contributed by atoms with Gasteiger partial charge in [-0.05, 0) is 40.2 Å². The van der Waals surface area contributed by atoms with E-state index in [4.69, 9.17) is 0 Å². The van der Waals surface area contributed by atoms with Crippen LogP contribution in [0.5, 0.6) is 0 Å². The summed E-state index contributed by atoms with van der Waals surface area (Å²) in [6.07, 6.45) is 9.57. The maximum atomic E-state index is 11.3. The molecular weight excluding hydrogens is 252 g/mol. The summed E-state index contributed by atoms with van der Waals surface area (Å²) in [4.78, 5) is 24.0. The van der Waals surface area contributed by atoms with Gasteiger partial charge in [-0.3, -0.25) is 14.5 Å². The number of unbranched alkanes of at least 4 members (excludes halogenated alkanes) is 5. The predicted octanol–water partition coefficient (Wildman–Crippen LogP) is 2.64. The number of imide groups is 1. The van der Waals surface area contributed by atoms with Crippen molar-refractivity contribution in [3.05, 3.63) is 12.2 Å². The van der Waals surface area contributed by atoms with Gasteiger partial charge in [0.15, 0.2) is 0 Å². The summed E-state index contributed by atoms with van der Waals surface area (Å²) in [5.74, 6) is -0.327. The highest BCUT2D eigenvalue weighted by molar-refractivity contribution is 6.12. The maximum Gasteiger partial charge on any atom is 0.253 e. The molecule has 0 saturated heterocycles. The van der Waals surface area contributed by atoms with Gasteiger partial charge < -0.3 is 5.32 Å². The standard InChI is InChI=1S/C16H28N2O2/c1-16(2,3)17-12-8-6-4-5-7-9-13-18-14(19)10-11-15(18)20/h10-11,17H,4-9,12-13H2,1-3H3. The van der Waals surface area contributed by atoms with Crippen LogP contribution in [0.3, 0.4) is 0 Å². The predicted molar refractivity (Wildman–Crippen MR) is 81.3 cm³/mol. The third kappa shape index (κ3) is 6.85. The van der Waals surface area contributed by atoms with E-state index in [9.17, 15) is 9.59 Å². The average Bonchev–Trinajstić information content (AvgIpc) is 2.66. The summed E-state index contributed by atoms with van der Waals surface area (Å²) in [5.41, 5.74) is 0.211. The number of nitrogens with zero attached hydrogens (tertiary/aromatic N) is 1. The first-order valence-electron chi connectivity index (χ1n) is 7.69. The molecule has 114 valence electrons. The third-order valence-electron chi connectivity index (χ3n) is 3.36. The number of amides is 2. The Bertz CT molecular complexity index is 338. The number of rotatable bonds is 9. The number of carbonyl (C=O) groups is 2. The highest BCUT2D eigenvalue weighted by Crippen LogP contribution is 2.09. The van der Waals surface area contributed by atoms with Gasteiger partial charge >= 0.3 is 0 Å². The van der Waals surface area contributed by atoms with Crippen molar-refractivity contribution in [2.75, 3.05) is 13.1 Å². The van der Waals surface area contributed by atoms with E-state index < -0.39 is 0 Å². The van der Waals surface area contributed by atoms with Crippen molar-refractivity contribution in [3.63, 3.8) is 0 Å². The van der Waals surface area contributed by atoms with Gasteiger partial charge in [-0.25, -0.2) is 0 Å². The van der Waals surface area contributed by atoms with E-state index in [0.29, 0.717) is 6.54 Å². The first-order valence-corrected chi connectivity index (χ1v) is 7.69. The number of hydrogen-bond donors (Lipinski definition) is 1. The number of carbonyl (C=O) groups excluding carboxylic acids is 2. The van der Waals surface area contributed by atoms with Crippen molar-refractivity contribution >= 4 is 11.8 Å². The fraction of sp³-hybridized carbons (Fsp3) is 0.750. The molecule has 0 spiro atoms. The molecule has 0 saturated carbocycles. The van der Waals surface area contributed by atoms with Crippen LogP contribution >= 0.6 is 0 Å². The van der Waals surface area contributed by atoms with Crippen LogP contribution < -0.4 is 5.32 Å². The zero-order valence-electron chi connectivity index (χ0n) is 13.1. The van der Waals surface area contributed by atoms with Crippen LogP contribution in [-0.2, 0) is 9.59 Å². The third-order valence-corrected chi connectivity index (χ3v) is 3.36. The van der Waals surface area contributed by atoms with Crippen LogP contribution in [0.1, 0.15) is 59.3 Å². The second-order valence-corrected chi connectivity index (χ2v) is 6.46. The van der Waals surface area contributed by atoms with Crippen molar-refractivity contribution in [2.45, 2.75) is 64.8 Å². The molecule has 4 nitrogen and oxygen atoms in total. The lowest BCUT2D eigenvalue weighted by Gasteiger charge is -2.20. The summed E-state index contributed by atoms with van der Waals surface area (Å²) >= 11 is 0. The Morgan fingerprint density at radius 2 is 1.40 bits per heavy atom. The largest absolute Gasteiger partial charge is 0.312 e. The monoisotopic (exact) mass is 280 g/mol. The highest BCUT2D eigenvalue weighted by Gasteiger charge is 2.21. The van der Waals surface area contributed by atoms with Gasteiger partial charge in [0.05, 0.1) is 0 Å². The Morgan fingerprint density at radius 1 is 0.900 bits per heavy atom. The second-order valence-electron chi connectivity index (χ2n) is 6.46. The fourth-order valence-corrected chi connectivity index (χ4v) is 2.22. The van der Waals surface area contributed by atoms with Crippen LogP contribution in [0.25, 0.3) is 0 Å². The Hall–Kier alpha value is -1.16. The van der Waals surface area contributed by atoms with Gasteiger partial charge in [0.2, 0.25) is 0 Å². The van der Waals surface area contributed by atoms with Gasteiger partial charge in [-0.2, -0.15) is 0 Å². The van der Waals surface area contributed by atoms with Gasteiger partial charge in [0.25, 0.3) is 11.8 Å². The topological polar surface area (TPSA) is 49.4 Å². The molecule has 1 aliphatic rings. The molecule has 0 aliphatic carbocycles. The van der Waals surface area contributed by atoms with Crippen LogP contribution in [0.2, 0.25) is 0 Å². The van der Waals surface area contributed by atoms with Crippen molar-refractivity contribution < 1.29 is 9.59 Å². The molecule has 0 unspecified atom stereocenters. The molecular formula is C16H28N2O2. The number of hydrogen-bond acceptors (Lipinski definition) is 3. The molecule has 0 atom stereocenters. The molecule has 1 N–H and O–H groups in total. The van der Waals surface area contributed by atoms with Gasteiger partial charge in [0.1, 0.15) is 0 Å². The second kappa shape index (κ2) is 8.20. The molecule has 1 rings (SSSR count). The molecule has 0 bridgehead atoms. The Kier molecular flexibility index (Phi) is 6.93. The zero-order chi connectivity index (χ0) is 15.0. The molecule has 1 aliphatic heterocycles. The van der Waals surface area contributed by atoms with Crippen LogP contribution in [0, 0.1) is 0 Å². The molecule has 1 heterocycles. The highest BCUT2D eigenvalue weighted by atomic mass is 16.2. The average molecular weight is 280 g/mol. The van der Waals surface area contributed by atoms with Gasteiger partial charge in [-0.1, -0.05) is 25.7 Å². The lowest BCUT2D eigenvalue weighted by Crippen LogP contribution is -2.36. The molecule has 0 fully saturated rings. The maximum absolute atomic E-state index is 11.3. The van der Waals surface area contributed by atoms with E-state index in [1.165, 1.54) is 42.7 Å². The Balaban J connectivity index is 1.91. The molecule has 0 aromatic rings. The van der Waals surface area contributed by atoms with E-state index in [1.807, 2.05) is 0 Å². The quantitative estimate of drug-likeness (QED) is 0.522. The van der Waals surface area contributed by atoms with Crippen molar-refractivity contribution in [1.82, 2.24) is 10.2 Å². The minimum absolute atomic E-state index is 0.164. The molecule has 0 aromatic carbocycles. The minimum Gasteiger partial charge on any atom is -0.312 e. The Labute approximate surface area is 122 Å². The molecule has 0 radical (unpaired) electrons. The molecule has 20 heavy (non-hydrogen) atoms. The number of nitrogens with one attached hydrogen (secondary N) is 1.